The molecule has 0 atom stereocenters. The highest BCUT2D eigenvalue weighted by atomic mass is 32.2. The molecule has 2 rings (SSSR count). The Hall–Kier alpha value is -1.75. The number of hydrogen-bond acceptors (Lipinski definition) is 5. The summed E-state index contributed by atoms with van der Waals surface area (Å²) in [5.74, 6) is 1.43. The van der Waals surface area contributed by atoms with Gasteiger partial charge in [0, 0.05) is 22.8 Å². The molecule has 1 heterocycles. The van der Waals surface area contributed by atoms with Gasteiger partial charge in [0.1, 0.15) is 5.82 Å². The summed E-state index contributed by atoms with van der Waals surface area (Å²) in [5.41, 5.74) is 0.986. The van der Waals surface area contributed by atoms with E-state index in [2.05, 4.69) is 52.8 Å². The summed E-state index contributed by atoms with van der Waals surface area (Å²) in [7, 11) is 0. The second kappa shape index (κ2) is 6.43. The SMILES string of the molecule is CSc1ccc(Nc2nccc(NC(C)C)n2)cc1. The molecule has 0 unspecified atom stereocenters. The van der Waals surface area contributed by atoms with E-state index < -0.39 is 0 Å². The van der Waals surface area contributed by atoms with E-state index in [1.165, 1.54) is 4.90 Å². The fraction of sp³-hybridized carbons (Fsp3) is 0.286. The molecule has 2 aromatic rings. The molecule has 1 aromatic carbocycles. The molecule has 0 aliphatic carbocycles. The average Bonchev–Trinajstić information content (AvgIpc) is 2.39. The van der Waals surface area contributed by atoms with Crippen molar-refractivity contribution in [2.75, 3.05) is 16.9 Å². The van der Waals surface area contributed by atoms with E-state index in [0.717, 1.165) is 11.5 Å². The minimum absolute atomic E-state index is 0.351. The van der Waals surface area contributed by atoms with Crippen LogP contribution in [0.5, 0.6) is 0 Å². The first-order valence-corrected chi connectivity index (χ1v) is 7.40. The van der Waals surface area contributed by atoms with Gasteiger partial charge in [-0.1, -0.05) is 0 Å². The van der Waals surface area contributed by atoms with Gasteiger partial charge in [-0.3, -0.25) is 0 Å². The summed E-state index contributed by atoms with van der Waals surface area (Å²) in [6, 6.07) is 10.4. The summed E-state index contributed by atoms with van der Waals surface area (Å²) in [5, 5.41) is 6.45. The second-order valence-electron chi connectivity index (χ2n) is 4.42. The van der Waals surface area contributed by atoms with Crippen LogP contribution >= 0.6 is 11.8 Å². The molecule has 0 aliphatic rings. The molecule has 0 bridgehead atoms. The zero-order valence-corrected chi connectivity index (χ0v) is 12.2. The van der Waals surface area contributed by atoms with Crippen LogP contribution in [0.2, 0.25) is 0 Å². The Morgan fingerprint density at radius 3 is 2.47 bits per heavy atom. The van der Waals surface area contributed by atoms with Crippen LogP contribution in [0, 0.1) is 0 Å². The van der Waals surface area contributed by atoms with Crippen molar-refractivity contribution in [2.45, 2.75) is 24.8 Å². The first-order chi connectivity index (χ1) is 9.17. The third kappa shape index (κ3) is 4.13. The lowest BCUT2D eigenvalue weighted by atomic mass is 10.3. The van der Waals surface area contributed by atoms with Crippen LogP contribution in [0.1, 0.15) is 13.8 Å². The average molecular weight is 274 g/mol. The van der Waals surface area contributed by atoms with E-state index >= 15 is 0 Å². The maximum atomic E-state index is 4.41. The molecule has 2 N–H and O–H groups in total. The van der Waals surface area contributed by atoms with Crippen LogP contribution in [0.25, 0.3) is 0 Å². The Bertz CT molecular complexity index is 525. The van der Waals surface area contributed by atoms with E-state index in [0.29, 0.717) is 12.0 Å². The van der Waals surface area contributed by atoms with E-state index in [1.54, 1.807) is 18.0 Å². The van der Waals surface area contributed by atoms with Gasteiger partial charge >= 0.3 is 0 Å². The van der Waals surface area contributed by atoms with Crippen molar-refractivity contribution in [1.82, 2.24) is 9.97 Å². The van der Waals surface area contributed by atoms with Gasteiger partial charge in [0.25, 0.3) is 0 Å². The summed E-state index contributed by atoms with van der Waals surface area (Å²) in [6.07, 6.45) is 3.81. The van der Waals surface area contributed by atoms with Crippen LogP contribution in [0.4, 0.5) is 17.5 Å². The summed E-state index contributed by atoms with van der Waals surface area (Å²) in [4.78, 5) is 9.87. The van der Waals surface area contributed by atoms with Gasteiger partial charge in [-0.2, -0.15) is 4.98 Å². The number of hydrogen-bond donors (Lipinski definition) is 2. The van der Waals surface area contributed by atoms with Gasteiger partial charge in [-0.05, 0) is 50.4 Å². The summed E-state index contributed by atoms with van der Waals surface area (Å²) < 4.78 is 0. The smallest absolute Gasteiger partial charge is 0.229 e. The van der Waals surface area contributed by atoms with E-state index in [-0.39, 0.29) is 0 Å². The van der Waals surface area contributed by atoms with Crippen molar-refractivity contribution in [3.63, 3.8) is 0 Å². The molecule has 0 fully saturated rings. The molecule has 0 radical (unpaired) electrons. The Morgan fingerprint density at radius 1 is 1.11 bits per heavy atom. The molecule has 0 amide bonds. The number of thioether (sulfide) groups is 1. The van der Waals surface area contributed by atoms with Gasteiger partial charge in [-0.15, -0.1) is 11.8 Å². The Balaban J connectivity index is 2.09. The molecule has 4 nitrogen and oxygen atoms in total. The maximum Gasteiger partial charge on any atom is 0.229 e. The molecule has 1 aromatic heterocycles. The minimum Gasteiger partial charge on any atom is -0.368 e. The molecule has 0 aliphatic heterocycles. The molecule has 19 heavy (non-hydrogen) atoms. The van der Waals surface area contributed by atoms with Crippen molar-refractivity contribution in [2.24, 2.45) is 0 Å². The quantitative estimate of drug-likeness (QED) is 0.813. The molecule has 0 spiro atoms. The number of anilines is 3. The van der Waals surface area contributed by atoms with Gasteiger partial charge in [0.15, 0.2) is 0 Å². The van der Waals surface area contributed by atoms with Crippen molar-refractivity contribution >= 4 is 29.2 Å². The molecular weight excluding hydrogens is 256 g/mol. The maximum absolute atomic E-state index is 4.41. The largest absolute Gasteiger partial charge is 0.368 e. The standard InChI is InChI=1S/C14H18N4S/c1-10(2)16-13-8-9-15-14(18-13)17-11-4-6-12(19-3)7-5-11/h4-10H,1-3H3,(H2,15,16,17,18). The molecule has 100 valence electrons. The lowest BCUT2D eigenvalue weighted by Crippen LogP contribution is -2.11. The zero-order valence-electron chi connectivity index (χ0n) is 11.3. The molecule has 0 saturated carbocycles. The van der Waals surface area contributed by atoms with E-state index in [4.69, 9.17) is 0 Å². The zero-order chi connectivity index (χ0) is 13.7. The first-order valence-electron chi connectivity index (χ1n) is 6.18. The fourth-order valence-corrected chi connectivity index (χ4v) is 2.01. The van der Waals surface area contributed by atoms with Crippen molar-refractivity contribution in [1.29, 1.82) is 0 Å². The fourth-order valence-electron chi connectivity index (χ4n) is 1.60. The number of benzene rings is 1. The van der Waals surface area contributed by atoms with Crippen molar-refractivity contribution in [3.05, 3.63) is 36.5 Å². The molecule has 5 heteroatoms. The van der Waals surface area contributed by atoms with Crippen LogP contribution in [0.3, 0.4) is 0 Å². The topological polar surface area (TPSA) is 49.8 Å². The monoisotopic (exact) mass is 274 g/mol. The second-order valence-corrected chi connectivity index (χ2v) is 5.30. The van der Waals surface area contributed by atoms with Gasteiger partial charge in [0.05, 0.1) is 0 Å². The number of nitrogens with one attached hydrogen (secondary N) is 2. The highest BCUT2D eigenvalue weighted by Gasteiger charge is 2.01. The van der Waals surface area contributed by atoms with Crippen molar-refractivity contribution < 1.29 is 0 Å². The summed E-state index contributed by atoms with van der Waals surface area (Å²) in [6.45, 7) is 4.16. The molecule has 0 saturated heterocycles. The molecular formula is C14H18N4S. The van der Waals surface area contributed by atoms with Gasteiger partial charge in [-0.25, -0.2) is 4.98 Å². The van der Waals surface area contributed by atoms with Crippen LogP contribution < -0.4 is 10.6 Å². The Labute approximate surface area is 118 Å². The highest BCUT2D eigenvalue weighted by Crippen LogP contribution is 2.19. The van der Waals surface area contributed by atoms with Crippen LogP contribution in [0.15, 0.2) is 41.4 Å². The first kappa shape index (κ1) is 13.7. The van der Waals surface area contributed by atoms with E-state index in [9.17, 15) is 0 Å². The number of rotatable bonds is 5. The third-order valence-corrected chi connectivity index (χ3v) is 3.18. The summed E-state index contributed by atoms with van der Waals surface area (Å²) >= 11 is 1.72. The number of aromatic nitrogens is 2. The van der Waals surface area contributed by atoms with Crippen LogP contribution in [-0.2, 0) is 0 Å². The van der Waals surface area contributed by atoms with Gasteiger partial charge in [0.2, 0.25) is 5.95 Å². The predicted octanol–water partition coefficient (Wildman–Crippen LogP) is 3.76. The van der Waals surface area contributed by atoms with Crippen LogP contribution in [-0.4, -0.2) is 22.3 Å². The Kier molecular flexibility index (Phi) is 4.63. The van der Waals surface area contributed by atoms with Gasteiger partial charge < -0.3 is 10.6 Å². The lowest BCUT2D eigenvalue weighted by Gasteiger charge is -2.10. The Morgan fingerprint density at radius 2 is 1.84 bits per heavy atom. The van der Waals surface area contributed by atoms with Crippen molar-refractivity contribution in [3.8, 4) is 0 Å². The third-order valence-electron chi connectivity index (χ3n) is 2.44. The normalized spacial score (nSPS) is 10.5. The van der Waals surface area contributed by atoms with E-state index in [1.807, 2.05) is 18.2 Å². The minimum atomic E-state index is 0.351. The highest BCUT2D eigenvalue weighted by molar-refractivity contribution is 7.98. The predicted molar refractivity (Wildman–Crippen MR) is 82.3 cm³/mol. The lowest BCUT2D eigenvalue weighted by molar-refractivity contribution is 0.887. The number of nitrogens with zero attached hydrogens (tertiary/aromatic N) is 2.